The zero-order valence-corrected chi connectivity index (χ0v) is 11.2. The molecule has 18 heavy (non-hydrogen) atoms. The Labute approximate surface area is 109 Å². The lowest BCUT2D eigenvalue weighted by Crippen LogP contribution is -2.25. The van der Waals surface area contributed by atoms with Gasteiger partial charge >= 0.3 is 0 Å². The molecule has 4 heteroatoms. The Kier molecular flexibility index (Phi) is 3.66. The van der Waals surface area contributed by atoms with Crippen molar-refractivity contribution in [2.45, 2.75) is 45.7 Å². The molecule has 0 radical (unpaired) electrons. The number of aryl methyl sites for hydroxylation is 1. The molecule has 1 N–H and O–H groups in total. The Morgan fingerprint density at radius 3 is 3.11 bits per heavy atom. The summed E-state index contributed by atoms with van der Waals surface area (Å²) in [5, 5.41) is 3.39. The standard InChI is InChI=1S/C14H23N3O/c1-2-14-16-12-9-15-6-5-13(12)17(14)7-8-18-10-11-3-4-11/h11,15H,2-10H2,1H3. The largest absolute Gasteiger partial charge is 0.379 e. The van der Waals surface area contributed by atoms with Crippen molar-refractivity contribution < 1.29 is 4.74 Å². The number of fused-ring (bicyclic) bond motifs is 1. The van der Waals surface area contributed by atoms with Crippen LogP contribution in [0.5, 0.6) is 0 Å². The molecule has 1 aromatic heterocycles. The molecule has 0 spiro atoms. The van der Waals surface area contributed by atoms with Crippen LogP contribution in [-0.2, 0) is 30.7 Å². The molecule has 4 nitrogen and oxygen atoms in total. The first-order chi connectivity index (χ1) is 8.88. The minimum Gasteiger partial charge on any atom is -0.379 e. The molecule has 1 aromatic rings. The highest BCUT2D eigenvalue weighted by Gasteiger charge is 2.22. The first-order valence-electron chi connectivity index (χ1n) is 7.24. The summed E-state index contributed by atoms with van der Waals surface area (Å²) in [5.74, 6) is 2.08. The van der Waals surface area contributed by atoms with Crippen LogP contribution in [0.1, 0.15) is 37.0 Å². The molecule has 1 aliphatic heterocycles. The van der Waals surface area contributed by atoms with Gasteiger partial charge in [-0.05, 0) is 18.8 Å². The SMILES string of the molecule is CCc1nc2c(n1CCOCC1CC1)CCNC2. The Balaban J connectivity index is 1.62. The molecule has 0 amide bonds. The normalized spacial score (nSPS) is 18.9. The van der Waals surface area contributed by atoms with Crippen molar-refractivity contribution >= 4 is 0 Å². The van der Waals surface area contributed by atoms with Crippen molar-refractivity contribution in [1.29, 1.82) is 0 Å². The third-order valence-corrected chi connectivity index (χ3v) is 3.89. The minimum absolute atomic E-state index is 0.833. The first kappa shape index (κ1) is 12.2. The summed E-state index contributed by atoms with van der Waals surface area (Å²) in [4.78, 5) is 4.74. The molecule has 2 heterocycles. The highest BCUT2D eigenvalue weighted by Crippen LogP contribution is 2.28. The van der Waals surface area contributed by atoms with Crippen LogP contribution < -0.4 is 5.32 Å². The van der Waals surface area contributed by atoms with E-state index in [1.807, 2.05) is 0 Å². The van der Waals surface area contributed by atoms with Crippen LogP contribution in [0.4, 0.5) is 0 Å². The number of ether oxygens (including phenoxy) is 1. The van der Waals surface area contributed by atoms with E-state index in [9.17, 15) is 0 Å². The molecule has 0 unspecified atom stereocenters. The van der Waals surface area contributed by atoms with Crippen LogP contribution in [0.2, 0.25) is 0 Å². The van der Waals surface area contributed by atoms with E-state index in [1.54, 1.807) is 0 Å². The Morgan fingerprint density at radius 1 is 1.44 bits per heavy atom. The maximum absolute atomic E-state index is 5.76. The van der Waals surface area contributed by atoms with Crippen molar-refractivity contribution in [3.8, 4) is 0 Å². The Bertz CT molecular complexity index is 409. The van der Waals surface area contributed by atoms with Gasteiger partial charge in [-0.2, -0.15) is 0 Å². The average molecular weight is 249 g/mol. The summed E-state index contributed by atoms with van der Waals surface area (Å²) < 4.78 is 8.15. The molecule has 1 fully saturated rings. The molecule has 2 aliphatic rings. The Morgan fingerprint density at radius 2 is 2.33 bits per heavy atom. The molecule has 0 aromatic carbocycles. The number of imidazole rings is 1. The molecule has 3 rings (SSSR count). The topological polar surface area (TPSA) is 39.1 Å². The maximum Gasteiger partial charge on any atom is 0.109 e. The second-order valence-corrected chi connectivity index (χ2v) is 5.37. The van der Waals surface area contributed by atoms with Gasteiger partial charge in [-0.1, -0.05) is 6.92 Å². The second kappa shape index (κ2) is 5.41. The van der Waals surface area contributed by atoms with Crippen molar-refractivity contribution in [3.05, 3.63) is 17.2 Å². The van der Waals surface area contributed by atoms with Crippen LogP contribution in [0.15, 0.2) is 0 Å². The molecular weight excluding hydrogens is 226 g/mol. The predicted molar refractivity (Wildman–Crippen MR) is 70.6 cm³/mol. The fourth-order valence-corrected chi connectivity index (χ4v) is 2.65. The van der Waals surface area contributed by atoms with Gasteiger partial charge in [0.1, 0.15) is 5.82 Å². The summed E-state index contributed by atoms with van der Waals surface area (Å²) in [6.07, 6.45) is 4.85. The van der Waals surface area contributed by atoms with Crippen molar-refractivity contribution in [3.63, 3.8) is 0 Å². The van der Waals surface area contributed by atoms with Gasteiger partial charge in [0, 0.05) is 44.8 Å². The van der Waals surface area contributed by atoms with Crippen LogP contribution in [0.3, 0.4) is 0 Å². The van der Waals surface area contributed by atoms with E-state index in [-0.39, 0.29) is 0 Å². The first-order valence-corrected chi connectivity index (χ1v) is 7.24. The average Bonchev–Trinajstić information content (AvgIpc) is 3.15. The summed E-state index contributed by atoms with van der Waals surface area (Å²) in [5.41, 5.74) is 2.68. The second-order valence-electron chi connectivity index (χ2n) is 5.37. The van der Waals surface area contributed by atoms with Crippen LogP contribution in [0.25, 0.3) is 0 Å². The summed E-state index contributed by atoms with van der Waals surface area (Å²) in [7, 11) is 0. The quantitative estimate of drug-likeness (QED) is 0.777. The van der Waals surface area contributed by atoms with Gasteiger partial charge in [0.25, 0.3) is 0 Å². The van der Waals surface area contributed by atoms with Crippen LogP contribution in [-0.4, -0.2) is 29.3 Å². The zero-order chi connectivity index (χ0) is 12.4. The van der Waals surface area contributed by atoms with Gasteiger partial charge in [-0.25, -0.2) is 4.98 Å². The van der Waals surface area contributed by atoms with E-state index >= 15 is 0 Å². The van der Waals surface area contributed by atoms with E-state index in [2.05, 4.69) is 16.8 Å². The van der Waals surface area contributed by atoms with Crippen LogP contribution in [0, 0.1) is 5.92 Å². The molecule has 0 saturated heterocycles. The van der Waals surface area contributed by atoms with E-state index in [1.165, 1.54) is 30.1 Å². The molecule has 1 aliphatic carbocycles. The van der Waals surface area contributed by atoms with E-state index < -0.39 is 0 Å². The number of rotatable bonds is 6. The molecule has 100 valence electrons. The lowest BCUT2D eigenvalue weighted by Gasteiger charge is -2.16. The smallest absolute Gasteiger partial charge is 0.109 e. The lowest BCUT2D eigenvalue weighted by atomic mass is 10.2. The van der Waals surface area contributed by atoms with Gasteiger partial charge in [-0.3, -0.25) is 0 Å². The van der Waals surface area contributed by atoms with E-state index in [0.29, 0.717) is 0 Å². The summed E-state index contributed by atoms with van der Waals surface area (Å²) in [6, 6.07) is 0. The molecule has 0 bridgehead atoms. The minimum atomic E-state index is 0.833. The highest BCUT2D eigenvalue weighted by atomic mass is 16.5. The highest BCUT2D eigenvalue weighted by molar-refractivity contribution is 5.20. The Hall–Kier alpha value is -0.870. The van der Waals surface area contributed by atoms with Gasteiger partial charge in [0.2, 0.25) is 0 Å². The van der Waals surface area contributed by atoms with E-state index in [4.69, 9.17) is 9.72 Å². The molecule has 1 saturated carbocycles. The van der Waals surface area contributed by atoms with E-state index in [0.717, 1.165) is 51.6 Å². The number of hydrogen-bond acceptors (Lipinski definition) is 3. The monoisotopic (exact) mass is 249 g/mol. The van der Waals surface area contributed by atoms with Gasteiger partial charge in [-0.15, -0.1) is 0 Å². The van der Waals surface area contributed by atoms with Crippen LogP contribution >= 0.6 is 0 Å². The van der Waals surface area contributed by atoms with Crippen molar-refractivity contribution in [2.75, 3.05) is 19.8 Å². The van der Waals surface area contributed by atoms with Crippen molar-refractivity contribution in [1.82, 2.24) is 14.9 Å². The lowest BCUT2D eigenvalue weighted by molar-refractivity contribution is 0.116. The fourth-order valence-electron chi connectivity index (χ4n) is 2.65. The number of nitrogens with one attached hydrogen (secondary N) is 1. The van der Waals surface area contributed by atoms with Crippen molar-refractivity contribution in [2.24, 2.45) is 5.92 Å². The third kappa shape index (κ3) is 2.59. The fraction of sp³-hybridized carbons (Fsp3) is 0.786. The maximum atomic E-state index is 5.76. The van der Waals surface area contributed by atoms with Gasteiger partial charge in [0.15, 0.2) is 0 Å². The van der Waals surface area contributed by atoms with Gasteiger partial charge in [0.05, 0.1) is 12.3 Å². The summed E-state index contributed by atoms with van der Waals surface area (Å²) >= 11 is 0. The number of aromatic nitrogens is 2. The predicted octanol–water partition coefficient (Wildman–Crippen LogP) is 1.52. The molecular formula is C14H23N3O. The zero-order valence-electron chi connectivity index (χ0n) is 11.2. The van der Waals surface area contributed by atoms with Gasteiger partial charge < -0.3 is 14.6 Å². The molecule has 0 atom stereocenters. The number of nitrogens with zero attached hydrogens (tertiary/aromatic N) is 2. The summed E-state index contributed by atoms with van der Waals surface area (Å²) in [6.45, 7) is 6.95. The third-order valence-electron chi connectivity index (χ3n) is 3.89. The number of hydrogen-bond donors (Lipinski definition) is 1.